The molecule has 0 fully saturated rings. The summed E-state index contributed by atoms with van der Waals surface area (Å²) in [4.78, 5) is 4.15. The zero-order valence-electron chi connectivity index (χ0n) is 10.4. The molecular weight excluding hydrogens is 301 g/mol. The van der Waals surface area contributed by atoms with Gasteiger partial charge in [-0.05, 0) is 30.7 Å². The van der Waals surface area contributed by atoms with Gasteiger partial charge in [0.05, 0.1) is 13.2 Å². The minimum atomic E-state index is -0.289. The number of rotatable bonds is 5. The molecule has 0 saturated carbocycles. The standard InChI is InChI=1S/C12H17BrFN3O/c1-8(7-18-2)17-12(15)16-6-9-5-10(14)3-4-11(9)13/h3-5,8H,6-7H2,1-2H3,(H3,15,16,17). The van der Waals surface area contributed by atoms with Crippen LogP contribution in [0.25, 0.3) is 0 Å². The van der Waals surface area contributed by atoms with Crippen molar-refractivity contribution in [1.82, 2.24) is 5.32 Å². The van der Waals surface area contributed by atoms with Crippen molar-refractivity contribution in [2.24, 2.45) is 10.7 Å². The van der Waals surface area contributed by atoms with E-state index in [0.717, 1.165) is 10.0 Å². The molecule has 1 rings (SSSR count). The van der Waals surface area contributed by atoms with Gasteiger partial charge in [0.1, 0.15) is 5.82 Å². The van der Waals surface area contributed by atoms with Crippen molar-refractivity contribution in [3.63, 3.8) is 0 Å². The Kier molecular flexibility index (Phi) is 6.07. The first-order chi connectivity index (χ1) is 8.52. The monoisotopic (exact) mass is 317 g/mol. The zero-order valence-corrected chi connectivity index (χ0v) is 12.0. The third-order valence-electron chi connectivity index (χ3n) is 2.24. The zero-order chi connectivity index (χ0) is 13.5. The topological polar surface area (TPSA) is 59.6 Å². The van der Waals surface area contributed by atoms with Crippen LogP contribution in [-0.2, 0) is 11.3 Å². The molecule has 100 valence electrons. The van der Waals surface area contributed by atoms with E-state index in [1.165, 1.54) is 12.1 Å². The molecule has 0 aromatic heterocycles. The molecule has 18 heavy (non-hydrogen) atoms. The van der Waals surface area contributed by atoms with Gasteiger partial charge in [-0.25, -0.2) is 9.38 Å². The van der Waals surface area contributed by atoms with Crippen LogP contribution in [0.15, 0.2) is 27.7 Å². The molecule has 4 nitrogen and oxygen atoms in total. The maximum absolute atomic E-state index is 13.0. The van der Waals surface area contributed by atoms with E-state index in [2.05, 4.69) is 26.2 Å². The van der Waals surface area contributed by atoms with Crippen LogP contribution < -0.4 is 11.1 Å². The Hall–Kier alpha value is -1.14. The van der Waals surface area contributed by atoms with Crippen molar-refractivity contribution in [2.75, 3.05) is 13.7 Å². The Bertz CT molecular complexity index is 426. The molecule has 6 heteroatoms. The average molecular weight is 318 g/mol. The molecule has 0 spiro atoms. The summed E-state index contributed by atoms with van der Waals surface area (Å²) >= 11 is 3.34. The number of hydrogen-bond donors (Lipinski definition) is 2. The fraction of sp³-hybridized carbons (Fsp3) is 0.417. The summed E-state index contributed by atoms with van der Waals surface area (Å²) < 4.78 is 18.8. The highest BCUT2D eigenvalue weighted by Crippen LogP contribution is 2.18. The summed E-state index contributed by atoms with van der Waals surface area (Å²) in [6.07, 6.45) is 0. The highest BCUT2D eigenvalue weighted by molar-refractivity contribution is 9.10. The highest BCUT2D eigenvalue weighted by atomic mass is 79.9. The number of hydrogen-bond acceptors (Lipinski definition) is 2. The van der Waals surface area contributed by atoms with Gasteiger partial charge in [0, 0.05) is 17.6 Å². The first-order valence-corrected chi connectivity index (χ1v) is 6.31. The van der Waals surface area contributed by atoms with Gasteiger partial charge >= 0.3 is 0 Å². The molecule has 0 saturated heterocycles. The smallest absolute Gasteiger partial charge is 0.189 e. The summed E-state index contributed by atoms with van der Waals surface area (Å²) in [5.41, 5.74) is 6.46. The van der Waals surface area contributed by atoms with Gasteiger partial charge in [-0.3, -0.25) is 0 Å². The van der Waals surface area contributed by atoms with Crippen LogP contribution in [0.4, 0.5) is 4.39 Å². The predicted molar refractivity (Wildman–Crippen MR) is 73.9 cm³/mol. The normalized spacial score (nSPS) is 13.4. The first-order valence-electron chi connectivity index (χ1n) is 5.52. The Morgan fingerprint density at radius 1 is 1.61 bits per heavy atom. The van der Waals surface area contributed by atoms with Crippen LogP contribution in [0.1, 0.15) is 12.5 Å². The maximum Gasteiger partial charge on any atom is 0.189 e. The van der Waals surface area contributed by atoms with Crippen LogP contribution in [0.3, 0.4) is 0 Å². The third kappa shape index (κ3) is 5.01. The number of guanidine groups is 1. The molecule has 0 heterocycles. The van der Waals surface area contributed by atoms with Crippen LogP contribution in [0.2, 0.25) is 0 Å². The summed E-state index contributed by atoms with van der Waals surface area (Å²) in [7, 11) is 1.62. The second-order valence-corrected chi connectivity index (χ2v) is 4.79. The lowest BCUT2D eigenvalue weighted by Crippen LogP contribution is -2.40. The lowest BCUT2D eigenvalue weighted by molar-refractivity contribution is 0.179. The van der Waals surface area contributed by atoms with Gasteiger partial charge in [0.25, 0.3) is 0 Å². The molecule has 1 atom stereocenters. The Balaban J connectivity index is 2.59. The lowest BCUT2D eigenvalue weighted by Gasteiger charge is -2.13. The minimum absolute atomic E-state index is 0.0784. The van der Waals surface area contributed by atoms with E-state index in [9.17, 15) is 4.39 Å². The molecule has 0 bridgehead atoms. The Labute approximate surface area is 115 Å². The molecule has 0 aliphatic rings. The van der Waals surface area contributed by atoms with E-state index in [4.69, 9.17) is 10.5 Å². The van der Waals surface area contributed by atoms with Crippen molar-refractivity contribution < 1.29 is 9.13 Å². The van der Waals surface area contributed by atoms with Crippen LogP contribution in [0, 0.1) is 5.82 Å². The van der Waals surface area contributed by atoms with Crippen molar-refractivity contribution in [2.45, 2.75) is 19.5 Å². The molecule has 0 aliphatic heterocycles. The molecule has 0 amide bonds. The predicted octanol–water partition coefficient (Wildman–Crippen LogP) is 2.03. The molecule has 1 unspecified atom stereocenters. The van der Waals surface area contributed by atoms with Crippen molar-refractivity contribution in [3.05, 3.63) is 34.1 Å². The number of aliphatic imine (C=N–C) groups is 1. The van der Waals surface area contributed by atoms with Gasteiger partial charge in [-0.1, -0.05) is 15.9 Å². The van der Waals surface area contributed by atoms with Gasteiger partial charge in [0.2, 0.25) is 0 Å². The Morgan fingerprint density at radius 2 is 2.33 bits per heavy atom. The molecule has 3 N–H and O–H groups in total. The second-order valence-electron chi connectivity index (χ2n) is 3.94. The quantitative estimate of drug-likeness (QED) is 0.645. The number of benzene rings is 1. The summed E-state index contributed by atoms with van der Waals surface area (Å²) in [5, 5.41) is 2.98. The van der Waals surface area contributed by atoms with Crippen molar-refractivity contribution in [3.8, 4) is 0 Å². The molecule has 1 aromatic rings. The van der Waals surface area contributed by atoms with E-state index >= 15 is 0 Å². The number of ether oxygens (including phenoxy) is 1. The lowest BCUT2D eigenvalue weighted by atomic mass is 10.2. The van der Waals surface area contributed by atoms with Crippen molar-refractivity contribution >= 4 is 21.9 Å². The maximum atomic E-state index is 13.0. The molecule has 1 aromatic carbocycles. The van der Waals surface area contributed by atoms with Gasteiger partial charge in [-0.2, -0.15) is 0 Å². The SMILES string of the molecule is COCC(C)NC(N)=NCc1cc(F)ccc1Br. The minimum Gasteiger partial charge on any atom is -0.383 e. The fourth-order valence-electron chi connectivity index (χ4n) is 1.42. The Morgan fingerprint density at radius 3 is 3.00 bits per heavy atom. The second kappa shape index (κ2) is 7.33. The molecule has 0 aliphatic carbocycles. The number of methoxy groups -OCH3 is 1. The van der Waals surface area contributed by atoms with Crippen LogP contribution in [0.5, 0.6) is 0 Å². The van der Waals surface area contributed by atoms with Gasteiger partial charge in [-0.15, -0.1) is 0 Å². The van der Waals surface area contributed by atoms with Crippen LogP contribution in [-0.4, -0.2) is 25.7 Å². The van der Waals surface area contributed by atoms with E-state index in [1.807, 2.05) is 6.92 Å². The highest BCUT2D eigenvalue weighted by Gasteiger charge is 2.03. The first kappa shape index (κ1) is 14.9. The molecule has 0 radical (unpaired) electrons. The van der Waals surface area contributed by atoms with E-state index in [1.54, 1.807) is 13.2 Å². The van der Waals surface area contributed by atoms with E-state index < -0.39 is 0 Å². The largest absolute Gasteiger partial charge is 0.383 e. The van der Waals surface area contributed by atoms with Crippen LogP contribution >= 0.6 is 15.9 Å². The van der Waals surface area contributed by atoms with E-state index in [-0.39, 0.29) is 11.9 Å². The van der Waals surface area contributed by atoms with Crippen molar-refractivity contribution in [1.29, 1.82) is 0 Å². The number of nitrogens with zero attached hydrogens (tertiary/aromatic N) is 1. The average Bonchev–Trinajstić information content (AvgIpc) is 2.30. The summed E-state index contributed by atoms with van der Waals surface area (Å²) in [6.45, 7) is 2.79. The summed E-state index contributed by atoms with van der Waals surface area (Å²) in [6, 6.07) is 4.55. The number of halogens is 2. The summed E-state index contributed by atoms with van der Waals surface area (Å²) in [5.74, 6) is 0.0263. The number of nitrogens with two attached hydrogens (primary N) is 1. The van der Waals surface area contributed by atoms with Gasteiger partial charge < -0.3 is 15.8 Å². The molecular formula is C12H17BrFN3O. The van der Waals surface area contributed by atoms with Gasteiger partial charge in [0.15, 0.2) is 5.96 Å². The number of nitrogens with one attached hydrogen (secondary N) is 1. The fourth-order valence-corrected chi connectivity index (χ4v) is 1.80. The van der Waals surface area contributed by atoms with E-state index in [0.29, 0.717) is 19.1 Å². The third-order valence-corrected chi connectivity index (χ3v) is 3.01.